The molecule has 106 valence electrons. The van der Waals surface area contributed by atoms with E-state index >= 15 is 0 Å². The van der Waals surface area contributed by atoms with Gasteiger partial charge in [0.05, 0.1) is 18.7 Å². The molecule has 0 spiro atoms. The molecule has 0 amide bonds. The molecule has 21 heavy (non-hydrogen) atoms. The summed E-state index contributed by atoms with van der Waals surface area (Å²) in [7, 11) is 1.47. The quantitative estimate of drug-likeness (QED) is 0.872. The summed E-state index contributed by atoms with van der Waals surface area (Å²) in [6.45, 7) is 0.0567. The van der Waals surface area contributed by atoms with Crippen LogP contribution in [0.1, 0.15) is 21.5 Å². The summed E-state index contributed by atoms with van der Waals surface area (Å²) in [6.07, 6.45) is 0. The highest BCUT2D eigenvalue weighted by molar-refractivity contribution is 5.92. The Hall–Kier alpha value is -3.00. The maximum Gasteiger partial charge on any atom is 0.342 e. The van der Waals surface area contributed by atoms with Crippen LogP contribution < -0.4 is 4.74 Å². The van der Waals surface area contributed by atoms with Gasteiger partial charge in [0.25, 0.3) is 0 Å². The molecule has 2 aromatic carbocycles. The van der Waals surface area contributed by atoms with E-state index in [-0.39, 0.29) is 17.9 Å². The van der Waals surface area contributed by atoms with Gasteiger partial charge in [0.2, 0.25) is 0 Å². The average molecular weight is 283 g/mol. The Morgan fingerprint density at radius 1 is 1.24 bits per heavy atom. The topological polar surface area (TPSA) is 79.6 Å². The van der Waals surface area contributed by atoms with E-state index in [9.17, 15) is 9.90 Å². The first-order valence-electron chi connectivity index (χ1n) is 6.17. The Morgan fingerprint density at radius 3 is 2.57 bits per heavy atom. The number of carbonyl (C=O) groups excluding carboxylic acids is 1. The highest BCUT2D eigenvalue weighted by atomic mass is 16.5. The first-order chi connectivity index (χ1) is 10.1. The minimum absolute atomic E-state index is 0.0444. The second-order valence-corrected chi connectivity index (χ2v) is 4.27. The molecule has 0 saturated heterocycles. The van der Waals surface area contributed by atoms with Crippen molar-refractivity contribution in [3.63, 3.8) is 0 Å². The highest BCUT2D eigenvalue weighted by Crippen LogP contribution is 2.23. The summed E-state index contributed by atoms with van der Waals surface area (Å²) in [6, 6.07) is 13.0. The molecule has 2 rings (SSSR count). The number of methoxy groups -OCH3 is 1. The zero-order chi connectivity index (χ0) is 15.2. The van der Waals surface area contributed by atoms with Gasteiger partial charge in [0.15, 0.2) is 0 Å². The Morgan fingerprint density at radius 2 is 1.95 bits per heavy atom. The van der Waals surface area contributed by atoms with Gasteiger partial charge >= 0.3 is 5.97 Å². The summed E-state index contributed by atoms with van der Waals surface area (Å²) in [5, 5.41) is 18.4. The van der Waals surface area contributed by atoms with Crippen molar-refractivity contribution in [1.29, 1.82) is 5.26 Å². The maximum atomic E-state index is 11.9. The molecule has 0 aliphatic rings. The van der Waals surface area contributed by atoms with Crippen LogP contribution in [0.15, 0.2) is 42.5 Å². The van der Waals surface area contributed by atoms with E-state index in [0.717, 1.165) is 5.56 Å². The molecule has 0 unspecified atom stereocenters. The van der Waals surface area contributed by atoms with Crippen molar-refractivity contribution >= 4 is 5.97 Å². The van der Waals surface area contributed by atoms with Crippen LogP contribution in [0.5, 0.6) is 11.5 Å². The molecule has 2 aromatic rings. The number of hydrogen-bond acceptors (Lipinski definition) is 5. The van der Waals surface area contributed by atoms with Crippen LogP contribution in [0, 0.1) is 11.3 Å². The largest absolute Gasteiger partial charge is 0.507 e. The van der Waals surface area contributed by atoms with Crippen LogP contribution in [-0.4, -0.2) is 18.2 Å². The van der Waals surface area contributed by atoms with Crippen LogP contribution in [0.4, 0.5) is 0 Å². The third kappa shape index (κ3) is 3.51. The van der Waals surface area contributed by atoms with E-state index in [1.165, 1.54) is 19.2 Å². The maximum absolute atomic E-state index is 11.9. The summed E-state index contributed by atoms with van der Waals surface area (Å²) in [5.74, 6) is -0.352. The van der Waals surface area contributed by atoms with E-state index in [1.807, 2.05) is 6.07 Å². The van der Waals surface area contributed by atoms with Gasteiger partial charge in [-0.15, -0.1) is 0 Å². The molecule has 5 nitrogen and oxygen atoms in total. The zero-order valence-electron chi connectivity index (χ0n) is 11.4. The minimum atomic E-state index is -0.643. The fraction of sp³-hybridized carbons (Fsp3) is 0.125. The summed E-state index contributed by atoms with van der Waals surface area (Å²) in [4.78, 5) is 11.9. The molecule has 0 aliphatic carbocycles. The smallest absolute Gasteiger partial charge is 0.342 e. The van der Waals surface area contributed by atoms with E-state index in [2.05, 4.69) is 0 Å². The van der Waals surface area contributed by atoms with E-state index in [1.54, 1.807) is 30.3 Å². The Balaban J connectivity index is 2.06. The van der Waals surface area contributed by atoms with Gasteiger partial charge in [-0.3, -0.25) is 0 Å². The second kappa shape index (κ2) is 6.44. The summed E-state index contributed by atoms with van der Waals surface area (Å²) < 4.78 is 10.1. The van der Waals surface area contributed by atoms with Crippen LogP contribution >= 0.6 is 0 Å². The molecule has 0 radical (unpaired) electrons. The Labute approximate surface area is 122 Å². The predicted molar refractivity (Wildman–Crippen MR) is 74.9 cm³/mol. The molecule has 0 saturated carbocycles. The first kappa shape index (κ1) is 14.4. The number of carbonyl (C=O) groups is 1. The molecule has 5 heteroatoms. The van der Waals surface area contributed by atoms with Crippen LogP contribution in [-0.2, 0) is 11.3 Å². The molecule has 1 N–H and O–H groups in total. The third-order valence-corrected chi connectivity index (χ3v) is 2.88. The summed E-state index contributed by atoms with van der Waals surface area (Å²) in [5.41, 5.74) is 1.34. The number of hydrogen-bond donors (Lipinski definition) is 1. The minimum Gasteiger partial charge on any atom is -0.507 e. The second-order valence-electron chi connectivity index (χ2n) is 4.27. The number of rotatable bonds is 4. The van der Waals surface area contributed by atoms with E-state index < -0.39 is 5.97 Å². The number of aromatic hydroxyl groups is 1. The van der Waals surface area contributed by atoms with Crippen molar-refractivity contribution in [2.75, 3.05) is 7.11 Å². The number of phenolic OH excluding ortho intramolecular Hbond substituents is 1. The Bertz CT molecular complexity index is 686. The average Bonchev–Trinajstić information content (AvgIpc) is 2.53. The molecule has 0 fully saturated rings. The molecular formula is C16H13NO4. The van der Waals surface area contributed by atoms with E-state index in [4.69, 9.17) is 14.7 Å². The third-order valence-electron chi connectivity index (χ3n) is 2.88. The van der Waals surface area contributed by atoms with Gasteiger partial charge < -0.3 is 14.6 Å². The van der Waals surface area contributed by atoms with Gasteiger partial charge in [-0.1, -0.05) is 12.1 Å². The zero-order valence-corrected chi connectivity index (χ0v) is 11.4. The normalized spacial score (nSPS) is 9.71. The van der Waals surface area contributed by atoms with Gasteiger partial charge in [0.1, 0.15) is 23.7 Å². The highest BCUT2D eigenvalue weighted by Gasteiger charge is 2.14. The lowest BCUT2D eigenvalue weighted by atomic mass is 10.1. The molecular weight excluding hydrogens is 270 g/mol. The SMILES string of the molecule is COc1ccc(O)c(C(=O)OCc2ccc(C#N)cc2)c1. The molecule has 0 aromatic heterocycles. The lowest BCUT2D eigenvalue weighted by molar-refractivity contribution is 0.0469. The summed E-state index contributed by atoms with van der Waals surface area (Å²) >= 11 is 0. The van der Waals surface area contributed by atoms with Crippen molar-refractivity contribution < 1.29 is 19.4 Å². The number of nitriles is 1. The number of esters is 1. The lowest BCUT2D eigenvalue weighted by Crippen LogP contribution is -2.06. The fourth-order valence-electron chi connectivity index (χ4n) is 1.71. The lowest BCUT2D eigenvalue weighted by Gasteiger charge is -2.08. The first-order valence-corrected chi connectivity index (χ1v) is 6.17. The number of phenols is 1. The van der Waals surface area contributed by atoms with Crippen LogP contribution in [0.25, 0.3) is 0 Å². The van der Waals surface area contributed by atoms with Gasteiger partial charge in [-0.2, -0.15) is 5.26 Å². The van der Waals surface area contributed by atoms with Crippen molar-refractivity contribution in [3.05, 3.63) is 59.2 Å². The van der Waals surface area contributed by atoms with Gasteiger partial charge in [0, 0.05) is 0 Å². The van der Waals surface area contributed by atoms with Gasteiger partial charge in [-0.05, 0) is 35.9 Å². The standard InChI is InChI=1S/C16H13NO4/c1-20-13-6-7-15(18)14(8-13)16(19)21-10-12-4-2-11(9-17)3-5-12/h2-8,18H,10H2,1H3. The molecule has 0 atom stereocenters. The van der Waals surface area contributed by atoms with Crippen molar-refractivity contribution in [3.8, 4) is 17.6 Å². The molecule has 0 heterocycles. The Kier molecular flexibility index (Phi) is 4.42. The van der Waals surface area contributed by atoms with Crippen molar-refractivity contribution in [1.82, 2.24) is 0 Å². The number of ether oxygens (including phenoxy) is 2. The van der Waals surface area contributed by atoms with Crippen LogP contribution in [0.2, 0.25) is 0 Å². The van der Waals surface area contributed by atoms with Gasteiger partial charge in [-0.25, -0.2) is 4.79 Å². The monoisotopic (exact) mass is 283 g/mol. The number of benzene rings is 2. The van der Waals surface area contributed by atoms with Crippen molar-refractivity contribution in [2.45, 2.75) is 6.61 Å². The predicted octanol–water partition coefficient (Wildman–Crippen LogP) is 2.63. The van der Waals surface area contributed by atoms with Crippen LogP contribution in [0.3, 0.4) is 0 Å². The fourth-order valence-corrected chi connectivity index (χ4v) is 1.71. The molecule has 0 aliphatic heterocycles. The number of nitrogens with zero attached hydrogens (tertiary/aromatic N) is 1. The van der Waals surface area contributed by atoms with Crippen molar-refractivity contribution in [2.24, 2.45) is 0 Å². The van der Waals surface area contributed by atoms with E-state index in [0.29, 0.717) is 11.3 Å². The molecule has 0 bridgehead atoms.